The van der Waals surface area contributed by atoms with Gasteiger partial charge in [-0.05, 0) is 55.8 Å². The second-order valence-electron chi connectivity index (χ2n) is 8.59. The van der Waals surface area contributed by atoms with E-state index in [0.29, 0.717) is 17.8 Å². The molecule has 0 aromatic carbocycles. The Balaban J connectivity index is 3.84. The van der Waals surface area contributed by atoms with Crippen molar-refractivity contribution in [2.24, 2.45) is 23.7 Å². The Kier molecular flexibility index (Phi) is 12.7. The lowest BCUT2D eigenvalue weighted by atomic mass is 9.90. The van der Waals surface area contributed by atoms with Crippen LogP contribution in [0.1, 0.15) is 80.1 Å². The van der Waals surface area contributed by atoms with Crippen LogP contribution in [0.2, 0.25) is 0 Å². The maximum Gasteiger partial charge on any atom is 0.0199 e. The van der Waals surface area contributed by atoms with E-state index in [1.807, 2.05) is 0 Å². The van der Waals surface area contributed by atoms with E-state index in [9.17, 15) is 0 Å². The van der Waals surface area contributed by atoms with E-state index in [4.69, 9.17) is 0 Å². The summed E-state index contributed by atoms with van der Waals surface area (Å²) in [6.07, 6.45) is 12.2. The summed E-state index contributed by atoms with van der Waals surface area (Å²) in [6, 6.07) is 0. The Morgan fingerprint density at radius 3 is 1.92 bits per heavy atom. The quantitative estimate of drug-likeness (QED) is 0.233. The summed E-state index contributed by atoms with van der Waals surface area (Å²) in [6.45, 7) is 23.2. The molecular formula is C24H45N. The Morgan fingerprint density at radius 1 is 0.840 bits per heavy atom. The third kappa shape index (κ3) is 11.3. The molecule has 0 amide bonds. The zero-order chi connectivity index (χ0) is 19.4. The van der Waals surface area contributed by atoms with E-state index >= 15 is 0 Å². The van der Waals surface area contributed by atoms with Crippen molar-refractivity contribution in [3.63, 3.8) is 0 Å². The molecule has 0 aliphatic carbocycles. The number of hydrogen-bond donors (Lipinski definition) is 0. The average Bonchev–Trinajstić information content (AvgIpc) is 2.55. The fourth-order valence-corrected chi connectivity index (χ4v) is 2.98. The van der Waals surface area contributed by atoms with E-state index in [1.54, 1.807) is 0 Å². The number of nitrogens with zero attached hydrogens (tertiary/aromatic N) is 1. The van der Waals surface area contributed by atoms with Crippen molar-refractivity contribution in [3.05, 3.63) is 36.6 Å². The summed E-state index contributed by atoms with van der Waals surface area (Å²) in [5.41, 5.74) is 2.64. The summed E-state index contributed by atoms with van der Waals surface area (Å²) < 4.78 is 0. The molecule has 0 rings (SSSR count). The highest BCUT2D eigenvalue weighted by molar-refractivity contribution is 4.98. The highest BCUT2D eigenvalue weighted by atomic mass is 15.1. The lowest BCUT2D eigenvalue weighted by molar-refractivity contribution is 0.256. The highest BCUT2D eigenvalue weighted by Gasteiger charge is 2.15. The van der Waals surface area contributed by atoms with Gasteiger partial charge in [0, 0.05) is 19.3 Å². The largest absolute Gasteiger partial charge is 0.378 e. The van der Waals surface area contributed by atoms with Crippen LogP contribution in [-0.2, 0) is 0 Å². The van der Waals surface area contributed by atoms with Crippen molar-refractivity contribution >= 4 is 0 Å². The standard InChI is InChI=1S/C24H45N/c1-19(2)21(5)16-14-12-10-11-13-15-17-22(6)23(7)18-25(9)24(8)20(3)4/h10-11,19-20,22-23H,5,8,12-18H2,1-4,6-7,9H3/b11-10+. The summed E-state index contributed by atoms with van der Waals surface area (Å²) in [4.78, 5) is 2.34. The molecule has 1 heteroatoms. The van der Waals surface area contributed by atoms with Gasteiger partial charge in [0.15, 0.2) is 0 Å². The van der Waals surface area contributed by atoms with Crippen LogP contribution in [0.5, 0.6) is 0 Å². The second-order valence-corrected chi connectivity index (χ2v) is 8.59. The van der Waals surface area contributed by atoms with Crippen molar-refractivity contribution in [2.75, 3.05) is 13.6 Å². The van der Waals surface area contributed by atoms with Gasteiger partial charge in [0.2, 0.25) is 0 Å². The first-order valence-electron chi connectivity index (χ1n) is 10.4. The van der Waals surface area contributed by atoms with E-state index in [0.717, 1.165) is 12.5 Å². The van der Waals surface area contributed by atoms with Crippen LogP contribution < -0.4 is 0 Å². The molecule has 0 aliphatic rings. The maximum atomic E-state index is 4.21. The lowest BCUT2D eigenvalue weighted by Crippen LogP contribution is -2.28. The Bertz CT molecular complexity index is 402. The molecule has 0 saturated carbocycles. The van der Waals surface area contributed by atoms with Gasteiger partial charge < -0.3 is 4.90 Å². The third-order valence-electron chi connectivity index (χ3n) is 5.57. The number of allylic oxidation sites excluding steroid dienone is 4. The van der Waals surface area contributed by atoms with Gasteiger partial charge in [0.05, 0.1) is 0 Å². The van der Waals surface area contributed by atoms with Gasteiger partial charge in [-0.1, -0.05) is 78.8 Å². The molecule has 0 heterocycles. The zero-order valence-corrected chi connectivity index (χ0v) is 18.3. The van der Waals surface area contributed by atoms with Crippen molar-refractivity contribution in [1.82, 2.24) is 4.90 Å². The molecule has 2 atom stereocenters. The smallest absolute Gasteiger partial charge is 0.0199 e. The highest BCUT2D eigenvalue weighted by Crippen LogP contribution is 2.21. The Morgan fingerprint density at radius 2 is 1.40 bits per heavy atom. The molecule has 25 heavy (non-hydrogen) atoms. The van der Waals surface area contributed by atoms with E-state index in [2.05, 4.69) is 78.8 Å². The monoisotopic (exact) mass is 347 g/mol. The molecule has 0 aliphatic heterocycles. The molecule has 0 N–H and O–H groups in total. The van der Waals surface area contributed by atoms with Crippen LogP contribution in [0.25, 0.3) is 0 Å². The molecule has 1 nitrogen and oxygen atoms in total. The molecule has 0 spiro atoms. The maximum absolute atomic E-state index is 4.21. The number of hydrogen-bond acceptors (Lipinski definition) is 1. The minimum atomic E-state index is 0.537. The van der Waals surface area contributed by atoms with Gasteiger partial charge in [-0.3, -0.25) is 0 Å². The Labute approximate surface area is 159 Å². The first-order chi connectivity index (χ1) is 11.7. The van der Waals surface area contributed by atoms with Crippen LogP contribution in [0, 0.1) is 23.7 Å². The van der Waals surface area contributed by atoms with Gasteiger partial charge in [-0.15, -0.1) is 0 Å². The summed E-state index contributed by atoms with van der Waals surface area (Å²) in [7, 11) is 2.18. The topological polar surface area (TPSA) is 3.24 Å². The normalized spacial score (nSPS) is 14.3. The van der Waals surface area contributed by atoms with Crippen molar-refractivity contribution in [1.29, 1.82) is 0 Å². The molecule has 146 valence electrons. The molecule has 0 radical (unpaired) electrons. The second kappa shape index (κ2) is 13.3. The van der Waals surface area contributed by atoms with E-state index < -0.39 is 0 Å². The Hall–Kier alpha value is -0.980. The van der Waals surface area contributed by atoms with Crippen LogP contribution in [-0.4, -0.2) is 18.5 Å². The predicted molar refractivity (Wildman–Crippen MR) is 116 cm³/mol. The van der Waals surface area contributed by atoms with Crippen molar-refractivity contribution < 1.29 is 0 Å². The molecule has 0 aromatic rings. The van der Waals surface area contributed by atoms with Gasteiger partial charge in [-0.25, -0.2) is 0 Å². The van der Waals surface area contributed by atoms with Crippen molar-refractivity contribution in [2.45, 2.75) is 80.1 Å². The SMILES string of the molecule is C=C(CCC/C=C/CCCC(C)C(C)CN(C)C(=C)C(C)C)C(C)C. The van der Waals surface area contributed by atoms with E-state index in [1.165, 1.54) is 49.8 Å². The lowest BCUT2D eigenvalue weighted by Gasteiger charge is -2.30. The third-order valence-corrected chi connectivity index (χ3v) is 5.57. The van der Waals surface area contributed by atoms with Crippen molar-refractivity contribution in [3.8, 4) is 0 Å². The van der Waals surface area contributed by atoms with Crippen LogP contribution >= 0.6 is 0 Å². The summed E-state index contributed by atoms with van der Waals surface area (Å²) in [5.74, 6) is 2.65. The first-order valence-corrected chi connectivity index (χ1v) is 10.4. The van der Waals surface area contributed by atoms with Gasteiger partial charge >= 0.3 is 0 Å². The van der Waals surface area contributed by atoms with Crippen LogP contribution in [0.15, 0.2) is 36.6 Å². The van der Waals surface area contributed by atoms with Crippen LogP contribution in [0.4, 0.5) is 0 Å². The molecular weight excluding hydrogens is 302 g/mol. The average molecular weight is 348 g/mol. The summed E-state index contributed by atoms with van der Waals surface area (Å²) in [5, 5.41) is 0. The summed E-state index contributed by atoms with van der Waals surface area (Å²) >= 11 is 0. The zero-order valence-electron chi connectivity index (χ0n) is 18.3. The molecule has 0 bridgehead atoms. The predicted octanol–water partition coefficient (Wildman–Crippen LogP) is 7.47. The minimum Gasteiger partial charge on any atom is -0.378 e. The number of rotatable bonds is 14. The molecule has 0 saturated heterocycles. The fourth-order valence-electron chi connectivity index (χ4n) is 2.98. The van der Waals surface area contributed by atoms with Gasteiger partial charge in [0.25, 0.3) is 0 Å². The van der Waals surface area contributed by atoms with E-state index in [-0.39, 0.29) is 0 Å². The molecule has 0 fully saturated rings. The first kappa shape index (κ1) is 24.0. The van der Waals surface area contributed by atoms with Gasteiger partial charge in [-0.2, -0.15) is 0 Å². The van der Waals surface area contributed by atoms with Gasteiger partial charge in [0.1, 0.15) is 0 Å². The fraction of sp³-hybridized carbons (Fsp3) is 0.750. The van der Waals surface area contributed by atoms with Crippen LogP contribution in [0.3, 0.4) is 0 Å². The number of unbranched alkanes of at least 4 members (excludes halogenated alkanes) is 2. The molecule has 2 unspecified atom stereocenters. The molecule has 0 aromatic heterocycles. The minimum absolute atomic E-state index is 0.537.